The summed E-state index contributed by atoms with van der Waals surface area (Å²) in [4.78, 5) is 4.00. The number of hydrazine groups is 1. The van der Waals surface area contributed by atoms with Crippen LogP contribution in [0.25, 0.3) is 0 Å². The van der Waals surface area contributed by atoms with E-state index in [1.807, 2.05) is 24.3 Å². The quantitative estimate of drug-likeness (QED) is 0.520. The van der Waals surface area contributed by atoms with Gasteiger partial charge < -0.3 is 15.2 Å². The molecule has 0 fully saturated rings. The Kier molecular flexibility index (Phi) is 2.85. The molecule has 0 spiro atoms. The molecule has 0 aliphatic rings. The molecule has 0 aliphatic heterocycles. The van der Waals surface area contributed by atoms with Crippen molar-refractivity contribution >= 4 is 11.5 Å². The number of nitrogens with one attached hydrogen (secondary N) is 2. The average Bonchev–Trinajstić information content (AvgIpc) is 2.79. The summed E-state index contributed by atoms with van der Waals surface area (Å²) < 4.78 is 5.19. The highest BCUT2D eigenvalue weighted by atomic mass is 16.3. The predicted octanol–water partition coefficient (Wildman–Crippen LogP) is 1.57. The van der Waals surface area contributed by atoms with E-state index in [-0.39, 0.29) is 0 Å². The minimum absolute atomic E-state index is 0.624. The number of rotatable bonds is 4. The highest BCUT2D eigenvalue weighted by Crippen LogP contribution is 2.12. The second-order valence-electron chi connectivity index (χ2n) is 3.01. The molecular formula is C10H12N4O. The summed E-state index contributed by atoms with van der Waals surface area (Å²) in [5.41, 5.74) is 3.43. The largest absolute Gasteiger partial charge is 0.467 e. The third kappa shape index (κ3) is 2.47. The third-order valence-electron chi connectivity index (χ3n) is 1.95. The molecule has 0 aliphatic carbocycles. The van der Waals surface area contributed by atoms with Gasteiger partial charge in [0.15, 0.2) is 0 Å². The first-order chi connectivity index (χ1) is 7.38. The van der Waals surface area contributed by atoms with Crippen molar-refractivity contribution < 1.29 is 4.42 Å². The lowest BCUT2D eigenvalue weighted by atomic mass is 10.3. The van der Waals surface area contributed by atoms with Crippen molar-refractivity contribution in [3.8, 4) is 0 Å². The minimum Gasteiger partial charge on any atom is -0.467 e. The standard InChI is InChI=1S/C10H12N4O/c11-14-10-6-8(3-4-12-10)13-7-9-2-1-5-15-9/h1-6H,7,11H2,(H2,12,13,14). The Labute approximate surface area is 87.3 Å². The van der Waals surface area contributed by atoms with Gasteiger partial charge in [0.05, 0.1) is 12.8 Å². The van der Waals surface area contributed by atoms with E-state index in [0.717, 1.165) is 11.4 Å². The minimum atomic E-state index is 0.624. The van der Waals surface area contributed by atoms with E-state index in [4.69, 9.17) is 10.3 Å². The van der Waals surface area contributed by atoms with Crippen LogP contribution in [-0.4, -0.2) is 4.98 Å². The molecule has 0 bridgehead atoms. The van der Waals surface area contributed by atoms with Crippen LogP contribution in [0.1, 0.15) is 5.76 Å². The van der Waals surface area contributed by atoms with Gasteiger partial charge in [-0.3, -0.25) is 0 Å². The highest BCUT2D eigenvalue weighted by molar-refractivity contribution is 5.51. The van der Waals surface area contributed by atoms with Crippen molar-refractivity contribution in [1.29, 1.82) is 0 Å². The maximum atomic E-state index is 5.25. The number of anilines is 2. The van der Waals surface area contributed by atoms with Crippen LogP contribution in [0.2, 0.25) is 0 Å². The molecule has 0 saturated heterocycles. The number of pyridine rings is 1. The molecule has 2 aromatic rings. The summed E-state index contributed by atoms with van der Waals surface area (Å²) in [6.45, 7) is 0.640. The smallest absolute Gasteiger partial charge is 0.141 e. The van der Waals surface area contributed by atoms with Gasteiger partial charge in [-0.2, -0.15) is 0 Å². The van der Waals surface area contributed by atoms with Gasteiger partial charge in [0, 0.05) is 18.0 Å². The number of hydrogen-bond acceptors (Lipinski definition) is 5. The van der Waals surface area contributed by atoms with Gasteiger partial charge in [0.2, 0.25) is 0 Å². The highest BCUT2D eigenvalue weighted by Gasteiger charge is 1.97. The molecule has 15 heavy (non-hydrogen) atoms. The van der Waals surface area contributed by atoms with Crippen LogP contribution in [0.5, 0.6) is 0 Å². The average molecular weight is 204 g/mol. The fourth-order valence-corrected chi connectivity index (χ4v) is 1.22. The first-order valence-electron chi connectivity index (χ1n) is 4.57. The third-order valence-corrected chi connectivity index (χ3v) is 1.95. The summed E-state index contributed by atoms with van der Waals surface area (Å²) >= 11 is 0. The van der Waals surface area contributed by atoms with E-state index in [0.29, 0.717) is 12.4 Å². The van der Waals surface area contributed by atoms with Crippen LogP contribution in [0, 0.1) is 0 Å². The Morgan fingerprint density at radius 1 is 1.40 bits per heavy atom. The van der Waals surface area contributed by atoms with Crippen LogP contribution in [-0.2, 0) is 6.54 Å². The Bertz CT molecular complexity index is 413. The molecule has 0 atom stereocenters. The molecule has 0 aromatic carbocycles. The molecule has 2 rings (SSSR count). The van der Waals surface area contributed by atoms with Crippen molar-refractivity contribution in [2.75, 3.05) is 10.7 Å². The van der Waals surface area contributed by atoms with Crippen molar-refractivity contribution in [3.05, 3.63) is 42.5 Å². The zero-order chi connectivity index (χ0) is 10.5. The lowest BCUT2D eigenvalue weighted by molar-refractivity contribution is 0.518. The van der Waals surface area contributed by atoms with Crippen LogP contribution in [0.3, 0.4) is 0 Å². The van der Waals surface area contributed by atoms with Gasteiger partial charge in [-0.15, -0.1) is 0 Å². The van der Waals surface area contributed by atoms with Crippen LogP contribution in [0.15, 0.2) is 41.1 Å². The molecule has 2 heterocycles. The second kappa shape index (κ2) is 4.47. The summed E-state index contributed by atoms with van der Waals surface area (Å²) in [5.74, 6) is 6.76. The maximum Gasteiger partial charge on any atom is 0.141 e. The van der Waals surface area contributed by atoms with Gasteiger partial charge in [0.1, 0.15) is 11.6 Å². The molecule has 0 saturated carbocycles. The number of nitrogens with zero attached hydrogens (tertiary/aromatic N) is 1. The molecule has 5 nitrogen and oxygen atoms in total. The van der Waals surface area contributed by atoms with Crippen molar-refractivity contribution in [2.45, 2.75) is 6.54 Å². The summed E-state index contributed by atoms with van der Waals surface area (Å²) in [6, 6.07) is 7.46. The molecular weight excluding hydrogens is 192 g/mol. The van der Waals surface area contributed by atoms with E-state index in [2.05, 4.69) is 15.7 Å². The van der Waals surface area contributed by atoms with Crippen molar-refractivity contribution in [3.63, 3.8) is 0 Å². The molecule has 5 heteroatoms. The Balaban J connectivity index is 1.98. The Morgan fingerprint density at radius 3 is 3.07 bits per heavy atom. The topological polar surface area (TPSA) is 76.1 Å². The van der Waals surface area contributed by atoms with Gasteiger partial charge >= 0.3 is 0 Å². The fraction of sp³-hybridized carbons (Fsp3) is 0.100. The summed E-state index contributed by atoms with van der Waals surface area (Å²) in [7, 11) is 0. The SMILES string of the molecule is NNc1cc(NCc2ccco2)ccn1. The Hall–Kier alpha value is -2.01. The molecule has 78 valence electrons. The monoisotopic (exact) mass is 204 g/mol. The fourth-order valence-electron chi connectivity index (χ4n) is 1.22. The number of furan rings is 1. The molecule has 4 N–H and O–H groups in total. The number of hydrogen-bond donors (Lipinski definition) is 3. The van der Waals surface area contributed by atoms with Crippen LogP contribution >= 0.6 is 0 Å². The first-order valence-corrected chi connectivity index (χ1v) is 4.57. The normalized spacial score (nSPS) is 9.93. The van der Waals surface area contributed by atoms with E-state index in [1.54, 1.807) is 12.5 Å². The molecule has 0 radical (unpaired) electrons. The first kappa shape index (κ1) is 9.54. The van der Waals surface area contributed by atoms with E-state index in [9.17, 15) is 0 Å². The van der Waals surface area contributed by atoms with Crippen molar-refractivity contribution in [1.82, 2.24) is 4.98 Å². The van der Waals surface area contributed by atoms with E-state index in [1.165, 1.54) is 0 Å². The predicted molar refractivity (Wildman–Crippen MR) is 58.1 cm³/mol. The van der Waals surface area contributed by atoms with Gasteiger partial charge in [-0.05, 0) is 18.2 Å². The van der Waals surface area contributed by atoms with E-state index < -0.39 is 0 Å². The van der Waals surface area contributed by atoms with Crippen LogP contribution < -0.4 is 16.6 Å². The molecule has 2 aromatic heterocycles. The molecule has 0 unspecified atom stereocenters. The number of nitrogen functional groups attached to an aromatic ring is 1. The summed E-state index contributed by atoms with van der Waals surface area (Å²) in [6.07, 6.45) is 3.33. The second-order valence-corrected chi connectivity index (χ2v) is 3.01. The summed E-state index contributed by atoms with van der Waals surface area (Å²) in [5, 5.41) is 3.19. The lowest BCUT2D eigenvalue weighted by Gasteiger charge is -2.05. The zero-order valence-electron chi connectivity index (χ0n) is 8.10. The number of aromatic nitrogens is 1. The van der Waals surface area contributed by atoms with Gasteiger partial charge in [0.25, 0.3) is 0 Å². The van der Waals surface area contributed by atoms with Crippen molar-refractivity contribution in [2.24, 2.45) is 5.84 Å². The molecule has 0 amide bonds. The maximum absolute atomic E-state index is 5.25. The number of nitrogens with two attached hydrogens (primary N) is 1. The zero-order valence-corrected chi connectivity index (χ0v) is 8.10. The Morgan fingerprint density at radius 2 is 2.33 bits per heavy atom. The van der Waals surface area contributed by atoms with Gasteiger partial charge in [-0.1, -0.05) is 0 Å². The van der Waals surface area contributed by atoms with E-state index >= 15 is 0 Å². The van der Waals surface area contributed by atoms with Crippen LogP contribution in [0.4, 0.5) is 11.5 Å². The van der Waals surface area contributed by atoms with Gasteiger partial charge in [-0.25, -0.2) is 10.8 Å². The lowest BCUT2D eigenvalue weighted by Crippen LogP contribution is -2.08.